The number of aromatic nitrogens is 1. The van der Waals surface area contributed by atoms with E-state index in [1.807, 2.05) is 0 Å². The van der Waals surface area contributed by atoms with Gasteiger partial charge in [0.2, 0.25) is 47.3 Å². The van der Waals surface area contributed by atoms with Crippen molar-refractivity contribution in [2.45, 2.75) is 114 Å². The second-order valence-corrected chi connectivity index (χ2v) is 17.3. The molecule has 1 saturated heterocycles. The van der Waals surface area contributed by atoms with Gasteiger partial charge in [-0.05, 0) is 42.0 Å². The Balaban J connectivity index is 1.68. The molecular formula is C41H58N10O11S. The number of anilines is 1. The minimum Gasteiger partial charge on any atom is -0.469 e. The standard InChI is InChI=1S/C41H58N10O11S/c1-6-19(3)33-38(59)44-16-30(53)45-26-10-11-63-40-24(23-12-21(42)8-9-25(23)48-40)14-27(35(56)43-17-31(54)49-33)46-39(60)34(20(4)7-2)50-37(58)29-13-22(52)18-51(29)41(61)28(47-36(26)57)15-32(55)62-5/h8-9,12,19-20,22,26-29,33-34,48,52H,6-7,10-11,13-18,42H2,1-5H3,(H,43,56)(H,44,59)(H,45,53)(H,46,60)(H,47,57)(H,49,54)(H,50,58)/t19-,20-,22+,26-,27-,28-,29-,33-,34-/m0/s1. The van der Waals surface area contributed by atoms with Gasteiger partial charge in [-0.15, -0.1) is 11.8 Å². The summed E-state index contributed by atoms with van der Waals surface area (Å²) in [6.45, 7) is 5.44. The maximum atomic E-state index is 14.4. The summed E-state index contributed by atoms with van der Waals surface area (Å²) in [6.07, 6.45) is -1.54. The lowest BCUT2D eigenvalue weighted by Crippen LogP contribution is -2.61. The number of nitrogens with zero attached hydrogens (tertiary/aromatic N) is 1. The van der Waals surface area contributed by atoms with Crippen LogP contribution in [-0.4, -0.2) is 143 Å². The molecule has 0 saturated carbocycles. The van der Waals surface area contributed by atoms with E-state index in [1.165, 1.54) is 11.8 Å². The maximum absolute atomic E-state index is 14.4. The van der Waals surface area contributed by atoms with Crippen LogP contribution in [0.4, 0.5) is 5.69 Å². The summed E-state index contributed by atoms with van der Waals surface area (Å²) < 4.78 is 4.83. The normalized spacial score (nSPS) is 27.2. The highest BCUT2D eigenvalue weighted by Gasteiger charge is 2.44. The van der Waals surface area contributed by atoms with Crippen LogP contribution in [0.2, 0.25) is 0 Å². The van der Waals surface area contributed by atoms with Crippen LogP contribution in [0.3, 0.4) is 0 Å². The third-order valence-corrected chi connectivity index (χ3v) is 12.8. The van der Waals surface area contributed by atoms with Gasteiger partial charge in [0.15, 0.2) is 0 Å². The molecular weight excluding hydrogens is 841 g/mol. The average molecular weight is 899 g/mol. The first-order chi connectivity index (χ1) is 29.9. The number of methoxy groups -OCH3 is 1. The summed E-state index contributed by atoms with van der Waals surface area (Å²) in [5.74, 6) is -8.10. The molecule has 2 aromatic rings. The summed E-state index contributed by atoms with van der Waals surface area (Å²) in [7, 11) is 1.09. The average Bonchev–Trinajstić information content (AvgIpc) is 3.82. The number of hydrogen-bond donors (Lipinski definition) is 10. The van der Waals surface area contributed by atoms with E-state index in [4.69, 9.17) is 10.5 Å². The van der Waals surface area contributed by atoms with Gasteiger partial charge in [0.1, 0.15) is 36.3 Å². The van der Waals surface area contributed by atoms with Crippen LogP contribution in [0.25, 0.3) is 10.9 Å². The van der Waals surface area contributed by atoms with Crippen LogP contribution in [-0.2, 0) is 54.3 Å². The fourth-order valence-corrected chi connectivity index (χ4v) is 8.82. The fraction of sp³-hybridized carbons (Fsp3) is 0.585. The van der Waals surface area contributed by atoms with Gasteiger partial charge in [-0.1, -0.05) is 40.5 Å². The van der Waals surface area contributed by atoms with Crippen LogP contribution >= 0.6 is 11.8 Å². The van der Waals surface area contributed by atoms with Crippen molar-refractivity contribution >= 4 is 81.6 Å². The van der Waals surface area contributed by atoms with E-state index < -0.39 is 127 Å². The number of carbonyl (C=O) groups excluding carboxylic acids is 9. The molecule has 2 bridgehead atoms. The summed E-state index contributed by atoms with van der Waals surface area (Å²) in [6, 6.07) is -3.04. The molecule has 0 aliphatic carbocycles. The number of esters is 1. The Kier molecular flexibility index (Phi) is 16.4. The summed E-state index contributed by atoms with van der Waals surface area (Å²) in [5, 5.41) is 30.3. The summed E-state index contributed by atoms with van der Waals surface area (Å²) >= 11 is 1.22. The van der Waals surface area contributed by atoms with Crippen molar-refractivity contribution < 1.29 is 53.0 Å². The molecule has 22 heteroatoms. The van der Waals surface area contributed by atoms with Crippen LogP contribution in [0.15, 0.2) is 23.2 Å². The lowest BCUT2D eigenvalue weighted by atomic mass is 9.96. The molecule has 344 valence electrons. The zero-order valence-electron chi connectivity index (χ0n) is 36.0. The number of aliphatic hydroxyl groups is 1. The first kappa shape index (κ1) is 48.1. The predicted molar refractivity (Wildman–Crippen MR) is 229 cm³/mol. The van der Waals surface area contributed by atoms with Crippen molar-refractivity contribution in [2.24, 2.45) is 11.8 Å². The molecule has 21 nitrogen and oxygen atoms in total. The van der Waals surface area contributed by atoms with E-state index in [1.54, 1.807) is 45.9 Å². The zero-order valence-corrected chi connectivity index (χ0v) is 36.8. The number of nitrogen functional groups attached to an aromatic ring is 1. The number of fused-ring (bicyclic) bond motifs is 6. The van der Waals surface area contributed by atoms with Crippen LogP contribution in [0.1, 0.15) is 65.4 Å². The van der Waals surface area contributed by atoms with E-state index in [0.717, 1.165) is 12.0 Å². The number of nitrogens with two attached hydrogens (primary N) is 1. The third kappa shape index (κ3) is 12.0. The van der Waals surface area contributed by atoms with Crippen molar-refractivity contribution in [3.05, 3.63) is 23.8 Å². The first-order valence-electron chi connectivity index (χ1n) is 21.1. The van der Waals surface area contributed by atoms with E-state index in [0.29, 0.717) is 40.0 Å². The van der Waals surface area contributed by atoms with Crippen LogP contribution in [0, 0.1) is 11.8 Å². The molecule has 63 heavy (non-hydrogen) atoms. The number of thioether (sulfide) groups is 1. The Morgan fingerprint density at radius 2 is 1.49 bits per heavy atom. The van der Waals surface area contributed by atoms with Gasteiger partial charge in [0.05, 0.1) is 37.8 Å². The van der Waals surface area contributed by atoms with E-state index in [9.17, 15) is 48.3 Å². The molecule has 3 aliphatic rings. The molecule has 8 amide bonds. The first-order valence-corrected chi connectivity index (χ1v) is 22.1. The monoisotopic (exact) mass is 898 g/mol. The Hall–Kier alpha value is -5.90. The van der Waals surface area contributed by atoms with E-state index in [2.05, 4.69) is 42.2 Å². The van der Waals surface area contributed by atoms with Gasteiger partial charge in [-0.3, -0.25) is 43.2 Å². The van der Waals surface area contributed by atoms with Gasteiger partial charge in [0, 0.05) is 41.7 Å². The van der Waals surface area contributed by atoms with Crippen LogP contribution in [0.5, 0.6) is 0 Å². The van der Waals surface area contributed by atoms with Gasteiger partial charge < -0.3 is 62.7 Å². The highest BCUT2D eigenvalue weighted by atomic mass is 32.2. The Morgan fingerprint density at radius 3 is 2.16 bits per heavy atom. The number of aliphatic hydroxyl groups excluding tert-OH is 1. The number of hydrogen-bond acceptors (Lipinski definition) is 13. The largest absolute Gasteiger partial charge is 0.469 e. The molecule has 5 rings (SSSR count). The molecule has 1 fully saturated rings. The van der Waals surface area contributed by atoms with Gasteiger partial charge >= 0.3 is 5.97 Å². The Morgan fingerprint density at radius 1 is 0.841 bits per heavy atom. The van der Waals surface area contributed by atoms with E-state index >= 15 is 0 Å². The number of carbonyl (C=O) groups is 9. The fourth-order valence-electron chi connectivity index (χ4n) is 7.71. The molecule has 3 aliphatic heterocycles. The molecule has 11 N–H and O–H groups in total. The number of amides is 8. The molecule has 1 aromatic carbocycles. The number of ether oxygens (including phenoxy) is 1. The molecule has 4 heterocycles. The predicted octanol–water partition coefficient (Wildman–Crippen LogP) is -1.92. The van der Waals surface area contributed by atoms with E-state index in [-0.39, 0.29) is 31.6 Å². The topological polar surface area (TPSA) is 312 Å². The lowest BCUT2D eigenvalue weighted by Gasteiger charge is -2.31. The minimum atomic E-state index is -1.64. The molecule has 0 radical (unpaired) electrons. The van der Waals surface area contributed by atoms with Crippen molar-refractivity contribution in [1.82, 2.24) is 47.1 Å². The quantitative estimate of drug-likeness (QED) is 0.112. The zero-order chi connectivity index (χ0) is 46.1. The second-order valence-electron chi connectivity index (χ2n) is 16.2. The Bertz CT molecular complexity index is 2100. The molecule has 1 aromatic heterocycles. The number of benzene rings is 1. The molecule has 0 unspecified atom stereocenters. The van der Waals surface area contributed by atoms with Crippen molar-refractivity contribution in [3.8, 4) is 0 Å². The number of H-pyrrole nitrogens is 1. The van der Waals surface area contributed by atoms with Gasteiger partial charge in [0.25, 0.3) is 0 Å². The SMILES string of the molecule is CC[C@H](C)[C@@H]1NC(=O)CNC(=O)[C@@H]2Cc3c([nH]c4ccc(N)cc34)SCC[C@H](NC(=O)CNC1=O)C(=O)N[C@@H](CC(=O)OC)C(=O)N1C[C@H](O)C[C@H]1C(=O)N[C@@H]([C@@H](C)CC)C(=O)N2. The number of rotatable bonds is 6. The van der Waals surface area contributed by atoms with Gasteiger partial charge in [-0.25, -0.2) is 0 Å². The lowest BCUT2D eigenvalue weighted by molar-refractivity contribution is -0.148. The molecule has 9 atom stereocenters. The highest BCUT2D eigenvalue weighted by Crippen LogP contribution is 2.33. The van der Waals surface area contributed by atoms with Crippen molar-refractivity contribution in [1.29, 1.82) is 0 Å². The smallest absolute Gasteiger partial charge is 0.308 e. The molecule has 0 spiro atoms. The summed E-state index contributed by atoms with van der Waals surface area (Å²) in [4.78, 5) is 129. The van der Waals surface area contributed by atoms with Crippen LogP contribution < -0.4 is 43.0 Å². The highest BCUT2D eigenvalue weighted by molar-refractivity contribution is 7.99. The second kappa shape index (κ2) is 21.5. The number of nitrogens with one attached hydrogen (secondary N) is 8. The number of aromatic amines is 1. The van der Waals surface area contributed by atoms with Crippen molar-refractivity contribution in [3.63, 3.8) is 0 Å². The maximum Gasteiger partial charge on any atom is 0.308 e. The minimum absolute atomic E-state index is 0.0808. The van der Waals surface area contributed by atoms with Crippen molar-refractivity contribution in [2.75, 3.05) is 38.2 Å². The third-order valence-electron chi connectivity index (χ3n) is 11.8. The van der Waals surface area contributed by atoms with Gasteiger partial charge in [-0.2, -0.15) is 0 Å². The summed E-state index contributed by atoms with van der Waals surface area (Å²) in [5.41, 5.74) is 7.79. The Labute approximate surface area is 368 Å².